The van der Waals surface area contributed by atoms with Crippen molar-refractivity contribution in [1.82, 2.24) is 14.5 Å². The van der Waals surface area contributed by atoms with Crippen LogP contribution in [0, 0.1) is 17.0 Å². The summed E-state index contributed by atoms with van der Waals surface area (Å²) in [5, 5.41) is 22.2. The van der Waals surface area contributed by atoms with Crippen LogP contribution in [0.2, 0.25) is 0 Å². The Morgan fingerprint density at radius 3 is 2.15 bits per heavy atom. The van der Waals surface area contributed by atoms with E-state index in [9.17, 15) is 19.7 Å². The van der Waals surface area contributed by atoms with Crippen LogP contribution < -0.4 is 15.7 Å². The van der Waals surface area contributed by atoms with E-state index in [1.54, 1.807) is 60.1 Å². The first-order valence-electron chi connectivity index (χ1n) is 14.1. The topological polar surface area (TPSA) is 158 Å². The third-order valence-electron chi connectivity index (χ3n) is 7.10. The van der Waals surface area contributed by atoms with Crippen molar-refractivity contribution >= 4 is 73.7 Å². The molecule has 16 heteroatoms. The number of ether oxygens (including phenoxy) is 2. The number of benzene rings is 3. The van der Waals surface area contributed by atoms with Crippen LogP contribution in [0.4, 0.5) is 17.2 Å². The highest BCUT2D eigenvalue weighted by molar-refractivity contribution is 9.10. The van der Waals surface area contributed by atoms with Gasteiger partial charge in [0.05, 0.1) is 35.9 Å². The van der Waals surface area contributed by atoms with Gasteiger partial charge in [0.25, 0.3) is 19.0 Å². The summed E-state index contributed by atoms with van der Waals surface area (Å²) in [6, 6.07) is 19.1. The Balaban J connectivity index is 1.52. The van der Waals surface area contributed by atoms with Gasteiger partial charge in [-0.1, -0.05) is 31.9 Å². The number of carbonyl (C=O) groups is 2. The summed E-state index contributed by atoms with van der Waals surface area (Å²) in [5.74, 6) is -0.837. The van der Waals surface area contributed by atoms with E-state index in [0.29, 0.717) is 48.8 Å². The summed E-state index contributed by atoms with van der Waals surface area (Å²) < 4.78 is 31.2. The van der Waals surface area contributed by atoms with Gasteiger partial charge < -0.3 is 19.9 Å². The maximum atomic E-state index is 15.3. The molecule has 1 saturated heterocycles. The van der Waals surface area contributed by atoms with Crippen LogP contribution in [-0.4, -0.2) is 64.2 Å². The van der Waals surface area contributed by atoms with Crippen LogP contribution in [0.1, 0.15) is 26.4 Å². The number of aromatic nitrogens is 2. The zero-order chi connectivity index (χ0) is 32.8. The van der Waals surface area contributed by atoms with Crippen molar-refractivity contribution in [3.63, 3.8) is 0 Å². The van der Waals surface area contributed by atoms with Crippen molar-refractivity contribution in [2.24, 2.45) is 0 Å². The van der Waals surface area contributed by atoms with Crippen LogP contribution in [0.5, 0.6) is 0 Å². The first kappa shape index (κ1) is 33.5. The van der Waals surface area contributed by atoms with Crippen LogP contribution in [-0.2, 0) is 20.6 Å². The van der Waals surface area contributed by atoms with Crippen molar-refractivity contribution in [3.8, 4) is 0 Å². The number of non-ortho nitro benzene ring substituents is 1. The lowest BCUT2D eigenvalue weighted by atomic mass is 10.2. The smallest absolute Gasteiger partial charge is 0.338 e. The third kappa shape index (κ3) is 7.73. The van der Waals surface area contributed by atoms with Gasteiger partial charge in [-0.15, -0.1) is 0 Å². The van der Waals surface area contributed by atoms with E-state index in [1.807, 2.05) is 0 Å². The normalized spacial score (nSPS) is 14.7. The monoisotopic (exact) mass is 774 g/mol. The lowest BCUT2D eigenvalue weighted by Gasteiger charge is -2.35. The molecule has 46 heavy (non-hydrogen) atoms. The summed E-state index contributed by atoms with van der Waals surface area (Å²) in [6.45, 7) is 2.91. The van der Waals surface area contributed by atoms with E-state index in [4.69, 9.17) is 9.47 Å². The fourth-order valence-electron chi connectivity index (χ4n) is 4.83. The molecule has 3 aromatic carbocycles. The number of rotatable bonds is 11. The Morgan fingerprint density at radius 1 is 0.978 bits per heavy atom. The minimum atomic E-state index is -3.81. The molecule has 2 heterocycles. The highest BCUT2D eigenvalue weighted by Gasteiger charge is 2.40. The second-order valence-electron chi connectivity index (χ2n) is 10.2. The van der Waals surface area contributed by atoms with Crippen molar-refractivity contribution in [3.05, 3.63) is 109 Å². The van der Waals surface area contributed by atoms with Crippen LogP contribution in [0.3, 0.4) is 0 Å². The molecule has 0 saturated carbocycles. The number of carbonyl (C=O) groups excluding carboxylic acids is 2. The van der Waals surface area contributed by atoms with Gasteiger partial charge in [-0.3, -0.25) is 19.5 Å². The Kier molecular flexibility index (Phi) is 10.7. The van der Waals surface area contributed by atoms with E-state index in [2.05, 4.69) is 47.4 Å². The Labute approximate surface area is 281 Å². The molecular formula is C30H29Br2N6O7P. The number of nitro groups is 1. The number of hydrogen-bond donors (Lipinski definition) is 2. The molecule has 4 aromatic rings. The average Bonchev–Trinajstić information content (AvgIpc) is 3.36. The predicted molar refractivity (Wildman–Crippen MR) is 180 cm³/mol. The minimum absolute atomic E-state index is 0.0414. The van der Waals surface area contributed by atoms with Crippen LogP contribution >= 0.6 is 39.3 Å². The summed E-state index contributed by atoms with van der Waals surface area (Å²) in [7, 11) is -3.81. The number of anilines is 2. The van der Waals surface area contributed by atoms with Crippen molar-refractivity contribution < 1.29 is 28.6 Å². The largest absolute Gasteiger partial charge is 0.460 e. The fraction of sp³-hybridized carbons (Fsp3) is 0.233. The lowest BCUT2D eigenvalue weighted by Crippen LogP contribution is -2.40. The number of aryl methyl sites for hydroxylation is 1. The van der Waals surface area contributed by atoms with Gasteiger partial charge in [0.1, 0.15) is 17.7 Å². The Bertz CT molecular complexity index is 1780. The summed E-state index contributed by atoms with van der Waals surface area (Å²) in [4.78, 5) is 36.9. The Hall–Kier alpha value is -3.88. The van der Waals surface area contributed by atoms with Gasteiger partial charge >= 0.3 is 5.97 Å². The molecule has 1 atom stereocenters. The maximum absolute atomic E-state index is 15.3. The number of hydrogen-bond acceptors (Lipinski definition) is 8. The highest BCUT2D eigenvalue weighted by atomic mass is 79.9. The van der Waals surface area contributed by atoms with Gasteiger partial charge in [-0.05, 0) is 67.6 Å². The maximum Gasteiger partial charge on any atom is 0.338 e. The SMILES string of the molecule is Cc1nn(CCOC(=O)c2ccc(Br)cc2)c(NC(=O)c2ccc(Br)cc2)c1P(=O)(Nc1ccc([N+](=O)[O-])cc1)N1CCOCC1. The zero-order valence-electron chi connectivity index (χ0n) is 24.5. The quantitative estimate of drug-likeness (QED) is 0.0802. The molecule has 0 radical (unpaired) electrons. The first-order valence-corrected chi connectivity index (χ1v) is 17.3. The third-order valence-corrected chi connectivity index (χ3v) is 11.1. The number of amides is 1. The lowest BCUT2D eigenvalue weighted by molar-refractivity contribution is -0.384. The molecule has 240 valence electrons. The van der Waals surface area contributed by atoms with Crippen molar-refractivity contribution in [2.75, 3.05) is 43.3 Å². The average molecular weight is 776 g/mol. The van der Waals surface area contributed by atoms with Crippen LogP contribution in [0.25, 0.3) is 0 Å². The summed E-state index contributed by atoms with van der Waals surface area (Å²) >= 11 is 6.72. The number of nitro benzene ring substituents is 1. The van der Waals surface area contributed by atoms with Gasteiger partial charge in [0.15, 0.2) is 0 Å². The summed E-state index contributed by atoms with van der Waals surface area (Å²) in [5.41, 5.74) is 1.35. The molecule has 1 fully saturated rings. The molecule has 13 nitrogen and oxygen atoms in total. The predicted octanol–water partition coefficient (Wildman–Crippen LogP) is 6.00. The second kappa shape index (κ2) is 14.7. The molecule has 0 spiro atoms. The number of esters is 1. The standard InChI is InChI=1S/C30H29Br2N6O7P/c1-20-27(46(43,36-14-17-44-18-15-36)35-25-10-12-26(13-11-25)38(41)42)28(33-29(39)21-2-6-23(31)7-3-21)37(34-20)16-19-45-30(40)22-4-8-24(32)9-5-22/h2-13H,14-19H2,1H3,(H,33,39)(H,35,43). The van der Waals surface area contributed by atoms with Gasteiger partial charge in [-0.2, -0.15) is 5.10 Å². The molecule has 1 amide bonds. The summed E-state index contributed by atoms with van der Waals surface area (Å²) in [6.07, 6.45) is 0. The Morgan fingerprint density at radius 2 is 1.57 bits per heavy atom. The zero-order valence-corrected chi connectivity index (χ0v) is 28.6. The minimum Gasteiger partial charge on any atom is -0.460 e. The highest BCUT2D eigenvalue weighted by Crippen LogP contribution is 2.51. The van der Waals surface area contributed by atoms with Gasteiger partial charge in [0.2, 0.25) is 0 Å². The number of morpholine rings is 1. The molecule has 1 aliphatic rings. The van der Waals surface area contributed by atoms with E-state index in [-0.39, 0.29) is 30.0 Å². The molecule has 5 rings (SSSR count). The van der Waals surface area contributed by atoms with E-state index < -0.39 is 24.2 Å². The molecule has 1 unspecified atom stereocenters. The molecule has 0 aliphatic carbocycles. The molecule has 0 bridgehead atoms. The van der Waals surface area contributed by atoms with Crippen LogP contribution in [0.15, 0.2) is 81.7 Å². The fourth-order valence-corrected chi connectivity index (χ4v) is 8.06. The molecule has 1 aromatic heterocycles. The van der Waals surface area contributed by atoms with E-state index in [0.717, 1.165) is 8.95 Å². The molecule has 2 N–H and O–H groups in total. The van der Waals surface area contributed by atoms with Gasteiger partial charge in [0, 0.05) is 45.4 Å². The van der Waals surface area contributed by atoms with Crippen molar-refractivity contribution in [1.29, 1.82) is 0 Å². The second-order valence-corrected chi connectivity index (χ2v) is 14.4. The van der Waals surface area contributed by atoms with E-state index in [1.165, 1.54) is 28.9 Å². The first-order chi connectivity index (χ1) is 22.0. The number of halogens is 2. The molecule has 1 aliphatic heterocycles. The van der Waals surface area contributed by atoms with Gasteiger partial charge in [-0.25, -0.2) is 14.1 Å². The number of nitrogens with zero attached hydrogens (tertiary/aromatic N) is 4. The molecular weight excluding hydrogens is 747 g/mol. The van der Waals surface area contributed by atoms with E-state index >= 15 is 4.57 Å². The number of nitrogens with one attached hydrogen (secondary N) is 2. The van der Waals surface area contributed by atoms with Crippen molar-refractivity contribution in [2.45, 2.75) is 13.5 Å².